The summed E-state index contributed by atoms with van der Waals surface area (Å²) < 4.78 is 0. The first-order chi connectivity index (χ1) is 9.23. The quantitative estimate of drug-likeness (QED) is 0.436. The van der Waals surface area contributed by atoms with Gasteiger partial charge in [0.1, 0.15) is 6.23 Å². The first kappa shape index (κ1) is 16.0. The van der Waals surface area contributed by atoms with E-state index in [2.05, 4.69) is 6.58 Å². The van der Waals surface area contributed by atoms with Gasteiger partial charge < -0.3 is 20.2 Å². The van der Waals surface area contributed by atoms with Crippen molar-refractivity contribution in [3.8, 4) is 11.5 Å². The maximum atomic E-state index is 12.0. The zero-order chi connectivity index (χ0) is 15.4. The van der Waals surface area contributed by atoms with Gasteiger partial charge in [0.2, 0.25) is 0 Å². The van der Waals surface area contributed by atoms with E-state index in [1.807, 2.05) is 0 Å². The number of nitrogens with zero attached hydrogens (tertiary/aromatic N) is 1. The number of rotatable bonds is 5. The molecule has 0 bridgehead atoms. The molecule has 1 amide bonds. The van der Waals surface area contributed by atoms with Crippen LogP contribution in [0.15, 0.2) is 30.4 Å². The Morgan fingerprint density at radius 2 is 1.90 bits per heavy atom. The number of phenolic OH excluding ortho intramolecular Hbond substituents is 2. The summed E-state index contributed by atoms with van der Waals surface area (Å²) in [6.45, 7) is 8.80. The van der Waals surface area contributed by atoms with Crippen LogP contribution in [0.25, 0.3) is 0 Å². The fourth-order valence-electron chi connectivity index (χ4n) is 1.94. The largest absolute Gasteiger partial charge is 0.504 e. The van der Waals surface area contributed by atoms with Gasteiger partial charge in [-0.05, 0) is 38.5 Å². The maximum Gasteiger partial charge on any atom is 0.251 e. The maximum absolute atomic E-state index is 12.0. The first-order valence-electron chi connectivity index (χ1n) is 6.41. The molecule has 0 fully saturated rings. The molecule has 0 saturated heterocycles. The van der Waals surface area contributed by atoms with Crippen molar-refractivity contribution < 1.29 is 20.1 Å². The fraction of sp³-hybridized carbons (Fsp3) is 0.400. The number of carbonyl (C=O) groups is 1. The van der Waals surface area contributed by atoms with Crippen LogP contribution in [0.3, 0.4) is 0 Å². The Balaban J connectivity index is 2.90. The van der Waals surface area contributed by atoms with Crippen LogP contribution in [0.4, 0.5) is 0 Å². The molecule has 0 heterocycles. The number of aromatic hydroxyl groups is 2. The van der Waals surface area contributed by atoms with Crippen molar-refractivity contribution in [1.82, 2.24) is 4.90 Å². The van der Waals surface area contributed by atoms with Gasteiger partial charge in [-0.1, -0.05) is 12.6 Å². The summed E-state index contributed by atoms with van der Waals surface area (Å²) in [6, 6.07) is 4.11. The highest BCUT2D eigenvalue weighted by molar-refractivity contribution is 5.92. The summed E-state index contributed by atoms with van der Waals surface area (Å²) in [4.78, 5) is 13.4. The third-order valence-corrected chi connectivity index (χ3v) is 2.94. The lowest BCUT2D eigenvalue weighted by Gasteiger charge is -2.32. The van der Waals surface area contributed by atoms with Crippen LogP contribution in [0.1, 0.15) is 26.3 Å². The van der Waals surface area contributed by atoms with Gasteiger partial charge in [0.05, 0.1) is 0 Å². The molecule has 0 aliphatic heterocycles. The summed E-state index contributed by atoms with van der Waals surface area (Å²) in [5, 5.41) is 28.9. The standard InChI is InChI=1S/C15H21NO4/c1-9(2)15(20)16(10(3)4)14(19)8-11-5-6-12(17)13(18)7-11/h5-7,10,14,17-19H,1,8H2,2-4H3. The average Bonchev–Trinajstić information content (AvgIpc) is 2.33. The second-order valence-electron chi connectivity index (χ2n) is 5.09. The Morgan fingerprint density at radius 1 is 1.30 bits per heavy atom. The SMILES string of the molecule is C=C(C)C(=O)N(C(C)C)C(O)Cc1ccc(O)c(O)c1. The molecule has 5 heteroatoms. The molecule has 0 aliphatic rings. The van der Waals surface area contributed by atoms with E-state index in [1.54, 1.807) is 26.8 Å². The summed E-state index contributed by atoms with van der Waals surface area (Å²) in [7, 11) is 0. The molecule has 1 rings (SSSR count). The smallest absolute Gasteiger partial charge is 0.251 e. The minimum atomic E-state index is -1.02. The molecule has 110 valence electrons. The zero-order valence-corrected chi connectivity index (χ0v) is 12.0. The van der Waals surface area contributed by atoms with Crippen LogP contribution in [0, 0.1) is 0 Å². The lowest BCUT2D eigenvalue weighted by atomic mass is 10.1. The monoisotopic (exact) mass is 279 g/mol. The molecule has 1 aromatic carbocycles. The number of benzene rings is 1. The molecule has 0 radical (unpaired) electrons. The van der Waals surface area contributed by atoms with Crippen molar-refractivity contribution in [3.05, 3.63) is 35.9 Å². The van der Waals surface area contributed by atoms with Crippen LogP contribution < -0.4 is 0 Å². The van der Waals surface area contributed by atoms with Gasteiger partial charge in [0.15, 0.2) is 11.5 Å². The molecule has 1 unspecified atom stereocenters. The summed E-state index contributed by atoms with van der Waals surface area (Å²) in [5.74, 6) is -0.783. The van der Waals surface area contributed by atoms with Crippen molar-refractivity contribution in [2.45, 2.75) is 39.5 Å². The fourth-order valence-corrected chi connectivity index (χ4v) is 1.94. The summed E-state index contributed by atoms with van der Waals surface area (Å²) in [6.07, 6.45) is -0.867. The lowest BCUT2D eigenvalue weighted by molar-refractivity contribution is -0.139. The second kappa shape index (κ2) is 6.43. The van der Waals surface area contributed by atoms with E-state index in [4.69, 9.17) is 0 Å². The van der Waals surface area contributed by atoms with E-state index in [0.717, 1.165) is 0 Å². The van der Waals surface area contributed by atoms with E-state index >= 15 is 0 Å². The van der Waals surface area contributed by atoms with E-state index in [9.17, 15) is 20.1 Å². The normalized spacial score (nSPS) is 12.2. The number of hydrogen-bond donors (Lipinski definition) is 3. The number of aliphatic hydroxyl groups is 1. The molecular formula is C15H21NO4. The van der Waals surface area contributed by atoms with E-state index in [-0.39, 0.29) is 29.9 Å². The Labute approximate surface area is 118 Å². The third kappa shape index (κ3) is 3.74. The molecule has 0 spiro atoms. The van der Waals surface area contributed by atoms with Crippen molar-refractivity contribution in [2.24, 2.45) is 0 Å². The minimum Gasteiger partial charge on any atom is -0.504 e. The molecule has 5 nitrogen and oxygen atoms in total. The average molecular weight is 279 g/mol. The van der Waals surface area contributed by atoms with Crippen molar-refractivity contribution in [3.63, 3.8) is 0 Å². The molecule has 1 aromatic rings. The zero-order valence-electron chi connectivity index (χ0n) is 12.0. The Bertz CT molecular complexity index is 511. The predicted molar refractivity (Wildman–Crippen MR) is 76.3 cm³/mol. The van der Waals surface area contributed by atoms with Crippen molar-refractivity contribution in [2.75, 3.05) is 0 Å². The number of hydrogen-bond acceptors (Lipinski definition) is 4. The molecule has 1 atom stereocenters. The van der Waals surface area contributed by atoms with Crippen LogP contribution in [-0.2, 0) is 11.2 Å². The van der Waals surface area contributed by atoms with E-state index in [0.29, 0.717) is 11.1 Å². The van der Waals surface area contributed by atoms with Gasteiger partial charge in [0.25, 0.3) is 5.91 Å². The van der Waals surface area contributed by atoms with Gasteiger partial charge in [0, 0.05) is 18.0 Å². The highest BCUT2D eigenvalue weighted by Gasteiger charge is 2.25. The van der Waals surface area contributed by atoms with Crippen LogP contribution in [-0.4, -0.2) is 38.4 Å². The number of phenols is 2. The lowest BCUT2D eigenvalue weighted by Crippen LogP contribution is -2.46. The third-order valence-electron chi connectivity index (χ3n) is 2.94. The summed E-state index contributed by atoms with van der Waals surface area (Å²) in [5.41, 5.74) is 0.972. The second-order valence-corrected chi connectivity index (χ2v) is 5.09. The number of aliphatic hydroxyl groups excluding tert-OH is 1. The first-order valence-corrected chi connectivity index (χ1v) is 6.41. The molecule has 3 N–H and O–H groups in total. The molecule has 20 heavy (non-hydrogen) atoms. The van der Waals surface area contributed by atoms with Crippen LogP contribution in [0.2, 0.25) is 0 Å². The van der Waals surface area contributed by atoms with Crippen molar-refractivity contribution >= 4 is 5.91 Å². The highest BCUT2D eigenvalue weighted by atomic mass is 16.3. The van der Waals surface area contributed by atoms with Gasteiger partial charge in [-0.2, -0.15) is 0 Å². The van der Waals surface area contributed by atoms with Crippen molar-refractivity contribution in [1.29, 1.82) is 0 Å². The van der Waals surface area contributed by atoms with Gasteiger partial charge in [-0.3, -0.25) is 4.79 Å². The predicted octanol–water partition coefficient (Wildman–Crippen LogP) is 1.77. The van der Waals surface area contributed by atoms with Crippen LogP contribution >= 0.6 is 0 Å². The molecule has 0 aliphatic carbocycles. The van der Waals surface area contributed by atoms with E-state index in [1.165, 1.54) is 17.0 Å². The van der Waals surface area contributed by atoms with E-state index < -0.39 is 6.23 Å². The van der Waals surface area contributed by atoms with Crippen LogP contribution in [0.5, 0.6) is 11.5 Å². The van der Waals surface area contributed by atoms with Gasteiger partial charge in [-0.25, -0.2) is 0 Å². The molecule has 0 saturated carbocycles. The Hall–Kier alpha value is -2.01. The minimum absolute atomic E-state index is 0.158. The summed E-state index contributed by atoms with van der Waals surface area (Å²) >= 11 is 0. The number of amides is 1. The Kier molecular flexibility index (Phi) is 5.16. The number of carbonyl (C=O) groups excluding carboxylic acids is 1. The molecule has 0 aromatic heterocycles. The Morgan fingerprint density at radius 3 is 2.35 bits per heavy atom. The van der Waals surface area contributed by atoms with Gasteiger partial charge in [-0.15, -0.1) is 0 Å². The van der Waals surface area contributed by atoms with Gasteiger partial charge >= 0.3 is 0 Å². The highest BCUT2D eigenvalue weighted by Crippen LogP contribution is 2.26. The molecular weight excluding hydrogens is 258 g/mol. The topological polar surface area (TPSA) is 81.0 Å².